The van der Waals surface area contributed by atoms with Gasteiger partial charge in [0, 0.05) is 11.1 Å². The van der Waals surface area contributed by atoms with Gasteiger partial charge in [-0.2, -0.15) is 0 Å². The van der Waals surface area contributed by atoms with Gasteiger partial charge < -0.3 is 10.5 Å². The summed E-state index contributed by atoms with van der Waals surface area (Å²) in [4.78, 5) is 0. The first kappa shape index (κ1) is 13.0. The molecule has 2 nitrogen and oxygen atoms in total. The predicted octanol–water partition coefficient (Wildman–Crippen LogP) is 3.82. The smallest absolute Gasteiger partial charge is 0.127 e. The fourth-order valence-electron chi connectivity index (χ4n) is 3.28. The number of aryl methyl sites for hydroxylation is 2. The third-order valence-corrected chi connectivity index (χ3v) is 4.61. The van der Waals surface area contributed by atoms with Crippen molar-refractivity contribution < 1.29 is 4.74 Å². The number of nitrogens with two attached hydrogens (primary N) is 1. The van der Waals surface area contributed by atoms with Crippen LogP contribution >= 0.6 is 0 Å². The van der Waals surface area contributed by atoms with E-state index in [0.29, 0.717) is 0 Å². The summed E-state index contributed by atoms with van der Waals surface area (Å²) in [6, 6.07) is 4.46. The van der Waals surface area contributed by atoms with Crippen LogP contribution in [-0.2, 0) is 5.54 Å². The molecule has 1 aromatic carbocycles. The molecule has 0 bridgehead atoms. The van der Waals surface area contributed by atoms with E-state index in [9.17, 15) is 0 Å². The third-order valence-electron chi connectivity index (χ3n) is 4.61. The molecule has 0 heterocycles. The average molecular weight is 259 g/mol. The van der Waals surface area contributed by atoms with Gasteiger partial charge in [-0.1, -0.05) is 30.5 Å². The fraction of sp³-hybridized carbons (Fsp3) is 0.647. The van der Waals surface area contributed by atoms with Crippen LogP contribution < -0.4 is 10.5 Å². The second-order valence-electron chi connectivity index (χ2n) is 6.58. The van der Waals surface area contributed by atoms with Crippen molar-refractivity contribution >= 4 is 0 Å². The van der Waals surface area contributed by atoms with E-state index in [-0.39, 0.29) is 5.54 Å². The number of hydrogen-bond donors (Lipinski definition) is 1. The molecule has 0 atom stereocenters. The first-order valence-electron chi connectivity index (χ1n) is 7.62. The Labute approximate surface area is 116 Å². The molecular weight excluding hydrogens is 234 g/mol. The Bertz CT molecular complexity index is 470. The SMILES string of the molecule is Cc1cc(C)c(OCC2CC2)c(C2(N)CCCC2)c1. The van der Waals surface area contributed by atoms with Crippen LogP contribution in [0.15, 0.2) is 12.1 Å². The Morgan fingerprint density at radius 3 is 2.53 bits per heavy atom. The Morgan fingerprint density at radius 2 is 1.89 bits per heavy atom. The normalized spacial score (nSPS) is 21.6. The van der Waals surface area contributed by atoms with E-state index in [0.717, 1.165) is 31.1 Å². The molecule has 0 spiro atoms. The zero-order valence-corrected chi connectivity index (χ0v) is 12.2. The monoisotopic (exact) mass is 259 g/mol. The van der Waals surface area contributed by atoms with E-state index in [1.54, 1.807) is 0 Å². The summed E-state index contributed by atoms with van der Waals surface area (Å²) in [7, 11) is 0. The van der Waals surface area contributed by atoms with Crippen LogP contribution in [-0.4, -0.2) is 6.61 Å². The quantitative estimate of drug-likeness (QED) is 0.892. The highest BCUT2D eigenvalue weighted by Gasteiger charge is 2.35. The van der Waals surface area contributed by atoms with Crippen molar-refractivity contribution in [3.05, 3.63) is 28.8 Å². The highest BCUT2D eigenvalue weighted by atomic mass is 16.5. The Hall–Kier alpha value is -1.02. The summed E-state index contributed by atoms with van der Waals surface area (Å²) in [5.41, 5.74) is 10.3. The second kappa shape index (κ2) is 4.82. The lowest BCUT2D eigenvalue weighted by atomic mass is 9.86. The second-order valence-corrected chi connectivity index (χ2v) is 6.58. The summed E-state index contributed by atoms with van der Waals surface area (Å²) >= 11 is 0. The van der Waals surface area contributed by atoms with E-state index in [2.05, 4.69) is 26.0 Å². The number of hydrogen-bond acceptors (Lipinski definition) is 2. The van der Waals surface area contributed by atoms with Gasteiger partial charge in [-0.3, -0.25) is 0 Å². The number of rotatable bonds is 4. The molecule has 3 rings (SSSR count). The summed E-state index contributed by atoms with van der Waals surface area (Å²) in [6.07, 6.45) is 7.32. The summed E-state index contributed by atoms with van der Waals surface area (Å²) < 4.78 is 6.14. The van der Waals surface area contributed by atoms with E-state index in [1.807, 2.05) is 0 Å². The molecule has 0 aromatic heterocycles. The van der Waals surface area contributed by atoms with E-state index < -0.39 is 0 Å². The van der Waals surface area contributed by atoms with Gasteiger partial charge in [0.1, 0.15) is 5.75 Å². The first-order chi connectivity index (χ1) is 9.08. The predicted molar refractivity (Wildman–Crippen MR) is 78.5 cm³/mol. The van der Waals surface area contributed by atoms with E-state index in [1.165, 1.54) is 42.4 Å². The molecule has 0 unspecified atom stereocenters. The van der Waals surface area contributed by atoms with Gasteiger partial charge in [-0.05, 0) is 51.0 Å². The van der Waals surface area contributed by atoms with Gasteiger partial charge >= 0.3 is 0 Å². The van der Waals surface area contributed by atoms with Gasteiger partial charge in [-0.25, -0.2) is 0 Å². The highest BCUT2D eigenvalue weighted by Crippen LogP contribution is 2.43. The molecule has 0 radical (unpaired) electrons. The number of benzene rings is 1. The van der Waals surface area contributed by atoms with Crippen LogP contribution in [0.4, 0.5) is 0 Å². The van der Waals surface area contributed by atoms with Crippen molar-refractivity contribution in [3.8, 4) is 5.75 Å². The van der Waals surface area contributed by atoms with Crippen molar-refractivity contribution in [2.75, 3.05) is 6.61 Å². The van der Waals surface area contributed by atoms with Gasteiger partial charge in [-0.15, -0.1) is 0 Å². The number of ether oxygens (including phenoxy) is 1. The van der Waals surface area contributed by atoms with Crippen molar-refractivity contribution in [2.24, 2.45) is 11.7 Å². The molecule has 1 aromatic rings. The van der Waals surface area contributed by atoms with E-state index in [4.69, 9.17) is 10.5 Å². The minimum atomic E-state index is -0.157. The van der Waals surface area contributed by atoms with Crippen molar-refractivity contribution in [1.82, 2.24) is 0 Å². The summed E-state index contributed by atoms with van der Waals surface area (Å²) in [6.45, 7) is 5.17. The summed E-state index contributed by atoms with van der Waals surface area (Å²) in [5, 5.41) is 0. The Balaban J connectivity index is 1.94. The molecule has 2 aliphatic carbocycles. The molecule has 2 aliphatic rings. The zero-order valence-electron chi connectivity index (χ0n) is 12.2. The highest BCUT2D eigenvalue weighted by molar-refractivity contribution is 5.48. The topological polar surface area (TPSA) is 35.2 Å². The third kappa shape index (κ3) is 2.64. The molecule has 0 saturated heterocycles. The fourth-order valence-corrected chi connectivity index (χ4v) is 3.28. The van der Waals surface area contributed by atoms with Crippen LogP contribution in [0, 0.1) is 19.8 Å². The van der Waals surface area contributed by atoms with Gasteiger partial charge in [0.05, 0.1) is 6.61 Å². The molecule has 0 aliphatic heterocycles. The lowest BCUT2D eigenvalue weighted by molar-refractivity contribution is 0.285. The van der Waals surface area contributed by atoms with Crippen molar-refractivity contribution in [1.29, 1.82) is 0 Å². The Kier molecular flexibility index (Phi) is 3.30. The van der Waals surface area contributed by atoms with Crippen LogP contribution in [0.25, 0.3) is 0 Å². The molecule has 19 heavy (non-hydrogen) atoms. The van der Waals surface area contributed by atoms with Crippen LogP contribution in [0.3, 0.4) is 0 Å². The molecule has 0 amide bonds. The maximum atomic E-state index is 6.66. The standard InChI is InChI=1S/C17H25NO/c1-12-9-13(2)16(19-11-14-5-6-14)15(10-12)17(18)7-3-4-8-17/h9-10,14H,3-8,11,18H2,1-2H3. The average Bonchev–Trinajstić information content (AvgIpc) is 3.08. The zero-order chi connectivity index (χ0) is 13.5. The lowest BCUT2D eigenvalue weighted by Gasteiger charge is -2.28. The molecular formula is C17H25NO. The maximum Gasteiger partial charge on any atom is 0.127 e. The molecule has 2 fully saturated rings. The summed E-state index contributed by atoms with van der Waals surface area (Å²) in [5.74, 6) is 1.85. The molecule has 2 N–H and O–H groups in total. The lowest BCUT2D eigenvalue weighted by Crippen LogP contribution is -2.34. The van der Waals surface area contributed by atoms with Gasteiger partial charge in [0.2, 0.25) is 0 Å². The maximum absolute atomic E-state index is 6.66. The first-order valence-corrected chi connectivity index (χ1v) is 7.62. The van der Waals surface area contributed by atoms with Gasteiger partial charge in [0.15, 0.2) is 0 Å². The van der Waals surface area contributed by atoms with E-state index >= 15 is 0 Å². The van der Waals surface area contributed by atoms with Crippen LogP contribution in [0.5, 0.6) is 5.75 Å². The van der Waals surface area contributed by atoms with Crippen LogP contribution in [0.2, 0.25) is 0 Å². The van der Waals surface area contributed by atoms with Crippen molar-refractivity contribution in [3.63, 3.8) is 0 Å². The Morgan fingerprint density at radius 1 is 1.21 bits per heavy atom. The van der Waals surface area contributed by atoms with Gasteiger partial charge in [0.25, 0.3) is 0 Å². The minimum Gasteiger partial charge on any atom is -0.493 e. The molecule has 2 saturated carbocycles. The van der Waals surface area contributed by atoms with Crippen molar-refractivity contribution in [2.45, 2.75) is 57.9 Å². The minimum absolute atomic E-state index is 0.157. The molecule has 104 valence electrons. The van der Waals surface area contributed by atoms with Crippen LogP contribution in [0.1, 0.15) is 55.2 Å². The largest absolute Gasteiger partial charge is 0.493 e. The molecule has 2 heteroatoms.